The van der Waals surface area contributed by atoms with E-state index in [1.54, 1.807) is 0 Å². The third-order valence-corrected chi connectivity index (χ3v) is 4.14. The lowest BCUT2D eigenvalue weighted by molar-refractivity contribution is 0.427. The molecule has 19 heavy (non-hydrogen) atoms. The summed E-state index contributed by atoms with van der Waals surface area (Å²) >= 11 is 0. The van der Waals surface area contributed by atoms with Gasteiger partial charge < -0.3 is 5.32 Å². The number of hydrogen-bond acceptors (Lipinski definition) is 1. The molecule has 98 valence electrons. The monoisotopic (exact) mass is 251 g/mol. The maximum atomic E-state index is 3.80. The molecule has 0 aliphatic carbocycles. The summed E-state index contributed by atoms with van der Waals surface area (Å²) in [5.74, 6) is 0. The van der Waals surface area contributed by atoms with E-state index >= 15 is 0 Å². The Bertz CT molecular complexity index is 556. The Balaban J connectivity index is 2.02. The zero-order valence-electron chi connectivity index (χ0n) is 11.7. The number of hydrogen-bond donors (Lipinski definition) is 1. The average Bonchev–Trinajstić information content (AvgIpc) is 2.47. The molecule has 0 aromatic heterocycles. The molecule has 2 aromatic carbocycles. The van der Waals surface area contributed by atoms with Crippen molar-refractivity contribution in [2.75, 3.05) is 0 Å². The fourth-order valence-electron chi connectivity index (χ4n) is 2.95. The van der Waals surface area contributed by atoms with Gasteiger partial charge in [0.2, 0.25) is 0 Å². The van der Waals surface area contributed by atoms with Crippen molar-refractivity contribution in [2.24, 2.45) is 0 Å². The standard InChI is InChI=1S/C18H21N/c1-3-16-12-15-6-4-5-7-17(15)18(19-16)14-10-8-13(2)9-11-14/h4-11,16,18-19H,3,12H2,1-2H3. The highest BCUT2D eigenvalue weighted by Crippen LogP contribution is 2.31. The van der Waals surface area contributed by atoms with Crippen molar-refractivity contribution in [2.45, 2.75) is 38.8 Å². The molecule has 0 spiro atoms. The SMILES string of the molecule is CCC1Cc2ccccc2C(c2ccc(C)cc2)N1. The molecule has 0 bridgehead atoms. The quantitative estimate of drug-likeness (QED) is 0.850. The van der Waals surface area contributed by atoms with Crippen LogP contribution < -0.4 is 5.32 Å². The van der Waals surface area contributed by atoms with E-state index < -0.39 is 0 Å². The molecule has 2 aromatic rings. The van der Waals surface area contributed by atoms with Crippen LogP contribution in [0.4, 0.5) is 0 Å². The van der Waals surface area contributed by atoms with Gasteiger partial charge in [0, 0.05) is 6.04 Å². The summed E-state index contributed by atoms with van der Waals surface area (Å²) in [6.07, 6.45) is 2.33. The van der Waals surface area contributed by atoms with Gasteiger partial charge in [-0.15, -0.1) is 0 Å². The van der Waals surface area contributed by atoms with Gasteiger partial charge in [0.05, 0.1) is 6.04 Å². The van der Waals surface area contributed by atoms with Crippen LogP contribution in [0.3, 0.4) is 0 Å². The van der Waals surface area contributed by atoms with E-state index in [9.17, 15) is 0 Å². The Morgan fingerprint density at radius 2 is 1.79 bits per heavy atom. The van der Waals surface area contributed by atoms with Crippen molar-refractivity contribution in [3.05, 3.63) is 70.8 Å². The van der Waals surface area contributed by atoms with E-state index in [0.29, 0.717) is 12.1 Å². The van der Waals surface area contributed by atoms with Gasteiger partial charge in [0.25, 0.3) is 0 Å². The van der Waals surface area contributed by atoms with Gasteiger partial charge in [0.15, 0.2) is 0 Å². The van der Waals surface area contributed by atoms with Crippen molar-refractivity contribution in [1.82, 2.24) is 5.32 Å². The molecule has 0 radical (unpaired) electrons. The minimum atomic E-state index is 0.343. The summed E-state index contributed by atoms with van der Waals surface area (Å²) in [6.45, 7) is 4.40. The molecule has 1 nitrogen and oxygen atoms in total. The van der Waals surface area contributed by atoms with Crippen molar-refractivity contribution in [1.29, 1.82) is 0 Å². The van der Waals surface area contributed by atoms with Crippen LogP contribution in [0.2, 0.25) is 0 Å². The molecule has 1 N–H and O–H groups in total. The highest BCUT2D eigenvalue weighted by Gasteiger charge is 2.25. The van der Waals surface area contributed by atoms with Gasteiger partial charge in [-0.05, 0) is 36.5 Å². The van der Waals surface area contributed by atoms with Crippen molar-refractivity contribution < 1.29 is 0 Å². The number of rotatable bonds is 2. The smallest absolute Gasteiger partial charge is 0.0581 e. The third kappa shape index (κ3) is 2.43. The topological polar surface area (TPSA) is 12.0 Å². The van der Waals surface area contributed by atoms with Crippen LogP contribution in [-0.4, -0.2) is 6.04 Å². The lowest BCUT2D eigenvalue weighted by Gasteiger charge is -2.33. The van der Waals surface area contributed by atoms with Crippen molar-refractivity contribution in [3.63, 3.8) is 0 Å². The number of benzene rings is 2. The zero-order chi connectivity index (χ0) is 13.2. The Morgan fingerprint density at radius 1 is 1.05 bits per heavy atom. The van der Waals surface area contributed by atoms with E-state index in [-0.39, 0.29) is 0 Å². The Morgan fingerprint density at radius 3 is 2.53 bits per heavy atom. The minimum Gasteiger partial charge on any atom is -0.303 e. The summed E-state index contributed by atoms with van der Waals surface area (Å²) in [5, 5.41) is 3.80. The van der Waals surface area contributed by atoms with E-state index in [4.69, 9.17) is 0 Å². The van der Waals surface area contributed by atoms with Gasteiger partial charge >= 0.3 is 0 Å². The predicted molar refractivity (Wildman–Crippen MR) is 80.4 cm³/mol. The highest BCUT2D eigenvalue weighted by molar-refractivity contribution is 5.40. The van der Waals surface area contributed by atoms with E-state index in [0.717, 1.165) is 6.42 Å². The Kier molecular flexibility index (Phi) is 3.39. The first-order valence-electron chi connectivity index (χ1n) is 7.18. The molecule has 1 aliphatic rings. The van der Waals surface area contributed by atoms with Gasteiger partial charge in [-0.3, -0.25) is 0 Å². The molecule has 0 saturated carbocycles. The van der Waals surface area contributed by atoms with Gasteiger partial charge in [-0.25, -0.2) is 0 Å². The molecule has 2 atom stereocenters. The Hall–Kier alpha value is -1.60. The number of nitrogens with one attached hydrogen (secondary N) is 1. The van der Waals surface area contributed by atoms with Crippen LogP contribution in [0.25, 0.3) is 0 Å². The third-order valence-electron chi connectivity index (χ3n) is 4.14. The molecule has 3 rings (SSSR count). The second-order valence-electron chi connectivity index (χ2n) is 5.52. The summed E-state index contributed by atoms with van der Waals surface area (Å²) in [5.41, 5.74) is 5.63. The van der Waals surface area contributed by atoms with Gasteiger partial charge in [-0.2, -0.15) is 0 Å². The van der Waals surface area contributed by atoms with E-state index in [1.807, 2.05) is 0 Å². The Labute approximate surface area is 115 Å². The molecule has 2 unspecified atom stereocenters. The first-order valence-corrected chi connectivity index (χ1v) is 7.18. The molecule has 1 heterocycles. The largest absolute Gasteiger partial charge is 0.303 e. The molecule has 0 saturated heterocycles. The van der Waals surface area contributed by atoms with Crippen LogP contribution in [0.15, 0.2) is 48.5 Å². The molecule has 1 heteroatoms. The highest BCUT2D eigenvalue weighted by atomic mass is 15.0. The number of fused-ring (bicyclic) bond motifs is 1. The average molecular weight is 251 g/mol. The summed E-state index contributed by atoms with van der Waals surface area (Å²) in [4.78, 5) is 0. The van der Waals surface area contributed by atoms with Crippen LogP contribution in [0.5, 0.6) is 0 Å². The van der Waals surface area contributed by atoms with Crippen LogP contribution >= 0.6 is 0 Å². The second-order valence-corrected chi connectivity index (χ2v) is 5.52. The van der Waals surface area contributed by atoms with Crippen LogP contribution in [0, 0.1) is 6.92 Å². The zero-order valence-corrected chi connectivity index (χ0v) is 11.7. The fourth-order valence-corrected chi connectivity index (χ4v) is 2.95. The summed E-state index contributed by atoms with van der Waals surface area (Å²) in [6, 6.07) is 18.7. The molecule has 0 fully saturated rings. The lowest BCUT2D eigenvalue weighted by Crippen LogP contribution is -2.39. The lowest BCUT2D eigenvalue weighted by atomic mass is 9.86. The predicted octanol–water partition coefficient (Wildman–Crippen LogP) is 4.01. The van der Waals surface area contributed by atoms with Crippen LogP contribution in [-0.2, 0) is 6.42 Å². The molecular formula is C18H21N. The molecule has 1 aliphatic heterocycles. The first kappa shape index (κ1) is 12.4. The summed E-state index contributed by atoms with van der Waals surface area (Å²) < 4.78 is 0. The maximum absolute atomic E-state index is 3.80. The molecule has 0 amide bonds. The maximum Gasteiger partial charge on any atom is 0.0581 e. The number of aryl methyl sites for hydroxylation is 1. The van der Waals surface area contributed by atoms with Crippen LogP contribution in [0.1, 0.15) is 41.6 Å². The summed E-state index contributed by atoms with van der Waals surface area (Å²) in [7, 11) is 0. The van der Waals surface area contributed by atoms with E-state index in [1.165, 1.54) is 28.7 Å². The first-order chi connectivity index (χ1) is 9.28. The normalized spacial score (nSPS) is 22.0. The second kappa shape index (κ2) is 5.18. The van der Waals surface area contributed by atoms with Gasteiger partial charge in [-0.1, -0.05) is 61.0 Å². The minimum absolute atomic E-state index is 0.343. The van der Waals surface area contributed by atoms with Crippen molar-refractivity contribution in [3.8, 4) is 0 Å². The van der Waals surface area contributed by atoms with E-state index in [2.05, 4.69) is 67.7 Å². The van der Waals surface area contributed by atoms with Crippen molar-refractivity contribution >= 4 is 0 Å². The molecular weight excluding hydrogens is 230 g/mol. The fraction of sp³-hybridized carbons (Fsp3) is 0.333. The van der Waals surface area contributed by atoms with Gasteiger partial charge in [0.1, 0.15) is 0 Å².